The molecule has 1 saturated carbocycles. The monoisotopic (exact) mass is 241 g/mol. The highest BCUT2D eigenvalue weighted by Gasteiger charge is 2.20. The van der Waals surface area contributed by atoms with E-state index in [0.717, 1.165) is 41.8 Å². The largest absolute Gasteiger partial charge is 0.311 e. The third kappa shape index (κ3) is 2.77. The van der Waals surface area contributed by atoms with Crippen molar-refractivity contribution in [2.24, 2.45) is 13.0 Å². The average Bonchev–Trinajstić information content (AvgIpc) is 3.04. The van der Waals surface area contributed by atoms with Crippen molar-refractivity contribution in [2.75, 3.05) is 6.54 Å². The van der Waals surface area contributed by atoms with Crippen LogP contribution in [-0.4, -0.2) is 16.3 Å². The summed E-state index contributed by atoms with van der Waals surface area (Å²) in [5, 5.41) is 8.68. The standard InChI is InChI=1S/C12H20ClN3/c1-3-10-12(13)11(16(2)15-10)8-14-7-6-9-4-5-9/h9,14H,3-8H2,1-2H3. The molecule has 0 unspecified atom stereocenters. The van der Waals surface area contributed by atoms with E-state index in [1.54, 1.807) is 0 Å². The maximum absolute atomic E-state index is 6.26. The molecule has 0 atom stereocenters. The summed E-state index contributed by atoms with van der Waals surface area (Å²) in [6, 6.07) is 0. The summed E-state index contributed by atoms with van der Waals surface area (Å²) in [6.45, 7) is 4.00. The Labute approximate surface area is 102 Å². The highest BCUT2D eigenvalue weighted by molar-refractivity contribution is 6.31. The Bertz CT molecular complexity index is 355. The zero-order valence-electron chi connectivity index (χ0n) is 10.1. The molecule has 1 heterocycles. The fourth-order valence-electron chi connectivity index (χ4n) is 1.93. The Balaban J connectivity index is 1.84. The predicted molar refractivity (Wildman–Crippen MR) is 66.6 cm³/mol. The van der Waals surface area contributed by atoms with E-state index in [0.29, 0.717) is 0 Å². The van der Waals surface area contributed by atoms with Crippen LogP contribution in [0.25, 0.3) is 0 Å². The van der Waals surface area contributed by atoms with Gasteiger partial charge in [0, 0.05) is 13.6 Å². The molecule has 1 N–H and O–H groups in total. The number of hydrogen-bond acceptors (Lipinski definition) is 2. The number of aryl methyl sites for hydroxylation is 2. The van der Waals surface area contributed by atoms with Crippen molar-refractivity contribution in [1.29, 1.82) is 0 Å². The van der Waals surface area contributed by atoms with Gasteiger partial charge in [-0.15, -0.1) is 0 Å². The van der Waals surface area contributed by atoms with Gasteiger partial charge in [-0.3, -0.25) is 4.68 Å². The van der Waals surface area contributed by atoms with Gasteiger partial charge in [0.15, 0.2) is 0 Å². The first-order valence-corrected chi connectivity index (χ1v) is 6.51. The molecule has 1 aromatic rings. The summed E-state index contributed by atoms with van der Waals surface area (Å²) in [5.41, 5.74) is 2.11. The number of halogens is 1. The van der Waals surface area contributed by atoms with Crippen molar-refractivity contribution in [3.63, 3.8) is 0 Å². The van der Waals surface area contributed by atoms with Crippen molar-refractivity contribution < 1.29 is 0 Å². The third-order valence-corrected chi connectivity index (χ3v) is 3.66. The first-order chi connectivity index (χ1) is 7.72. The first-order valence-electron chi connectivity index (χ1n) is 6.13. The molecule has 1 fully saturated rings. The Hall–Kier alpha value is -0.540. The van der Waals surface area contributed by atoms with Gasteiger partial charge in [-0.1, -0.05) is 31.4 Å². The molecule has 2 rings (SSSR count). The molecular formula is C12H20ClN3. The van der Waals surface area contributed by atoms with Crippen LogP contribution in [0.1, 0.15) is 37.6 Å². The summed E-state index contributed by atoms with van der Waals surface area (Å²) in [6.07, 6.45) is 5.05. The molecule has 90 valence electrons. The molecule has 1 aromatic heterocycles. The zero-order chi connectivity index (χ0) is 11.5. The van der Waals surface area contributed by atoms with Crippen LogP contribution in [0.5, 0.6) is 0 Å². The SMILES string of the molecule is CCc1nn(C)c(CNCCC2CC2)c1Cl. The Morgan fingerprint density at radius 1 is 1.50 bits per heavy atom. The lowest BCUT2D eigenvalue weighted by atomic mass is 10.2. The van der Waals surface area contributed by atoms with Gasteiger partial charge in [0.2, 0.25) is 0 Å². The van der Waals surface area contributed by atoms with Crippen molar-refractivity contribution in [1.82, 2.24) is 15.1 Å². The Morgan fingerprint density at radius 2 is 2.25 bits per heavy atom. The van der Waals surface area contributed by atoms with E-state index in [9.17, 15) is 0 Å². The molecule has 0 saturated heterocycles. The summed E-state index contributed by atoms with van der Waals surface area (Å²) in [7, 11) is 1.96. The van der Waals surface area contributed by atoms with E-state index < -0.39 is 0 Å². The minimum Gasteiger partial charge on any atom is -0.311 e. The predicted octanol–water partition coefficient (Wildman–Crippen LogP) is 2.53. The normalized spacial score (nSPS) is 15.7. The van der Waals surface area contributed by atoms with Crippen LogP contribution in [-0.2, 0) is 20.0 Å². The second-order valence-corrected chi connectivity index (χ2v) is 4.97. The average molecular weight is 242 g/mol. The topological polar surface area (TPSA) is 29.9 Å². The second kappa shape index (κ2) is 5.19. The summed E-state index contributed by atoms with van der Waals surface area (Å²) < 4.78 is 1.89. The molecule has 0 spiro atoms. The van der Waals surface area contributed by atoms with Crippen LogP contribution in [0.4, 0.5) is 0 Å². The Morgan fingerprint density at radius 3 is 2.81 bits per heavy atom. The number of rotatable bonds is 6. The quantitative estimate of drug-likeness (QED) is 0.776. The lowest BCUT2D eigenvalue weighted by molar-refractivity contribution is 0.584. The minimum atomic E-state index is 0.828. The van der Waals surface area contributed by atoms with Gasteiger partial charge in [0.25, 0.3) is 0 Å². The van der Waals surface area contributed by atoms with E-state index in [1.807, 2.05) is 11.7 Å². The smallest absolute Gasteiger partial charge is 0.0863 e. The molecule has 1 aliphatic rings. The van der Waals surface area contributed by atoms with E-state index in [-0.39, 0.29) is 0 Å². The molecule has 0 radical (unpaired) electrons. The number of nitrogens with one attached hydrogen (secondary N) is 1. The van der Waals surface area contributed by atoms with E-state index in [4.69, 9.17) is 11.6 Å². The highest BCUT2D eigenvalue weighted by Crippen LogP contribution is 2.31. The van der Waals surface area contributed by atoms with E-state index in [2.05, 4.69) is 17.3 Å². The second-order valence-electron chi connectivity index (χ2n) is 4.59. The van der Waals surface area contributed by atoms with Crippen LogP contribution in [0.15, 0.2) is 0 Å². The molecule has 0 amide bonds. The Kier molecular flexibility index (Phi) is 3.87. The van der Waals surface area contributed by atoms with Gasteiger partial charge in [-0.2, -0.15) is 5.10 Å². The maximum atomic E-state index is 6.26. The van der Waals surface area contributed by atoms with Gasteiger partial charge >= 0.3 is 0 Å². The summed E-state index contributed by atoms with van der Waals surface area (Å²) >= 11 is 6.26. The molecule has 16 heavy (non-hydrogen) atoms. The number of aromatic nitrogens is 2. The van der Waals surface area contributed by atoms with Crippen LogP contribution >= 0.6 is 11.6 Å². The fourth-order valence-corrected chi connectivity index (χ4v) is 2.29. The maximum Gasteiger partial charge on any atom is 0.0863 e. The lowest BCUT2D eigenvalue weighted by Crippen LogP contribution is -2.17. The lowest BCUT2D eigenvalue weighted by Gasteiger charge is -2.05. The molecule has 0 bridgehead atoms. The molecule has 1 aliphatic carbocycles. The van der Waals surface area contributed by atoms with Gasteiger partial charge in [-0.25, -0.2) is 0 Å². The molecule has 0 aromatic carbocycles. The van der Waals surface area contributed by atoms with Crippen molar-refractivity contribution in [3.05, 3.63) is 16.4 Å². The minimum absolute atomic E-state index is 0.828. The van der Waals surface area contributed by atoms with E-state index in [1.165, 1.54) is 19.3 Å². The van der Waals surface area contributed by atoms with Gasteiger partial charge in [-0.05, 0) is 25.3 Å². The first kappa shape index (κ1) is 11.9. The summed E-state index contributed by atoms with van der Waals surface area (Å²) in [4.78, 5) is 0. The highest BCUT2D eigenvalue weighted by atomic mass is 35.5. The van der Waals surface area contributed by atoms with Crippen molar-refractivity contribution in [2.45, 2.75) is 39.2 Å². The third-order valence-electron chi connectivity index (χ3n) is 3.22. The van der Waals surface area contributed by atoms with Crippen molar-refractivity contribution in [3.8, 4) is 0 Å². The van der Waals surface area contributed by atoms with E-state index >= 15 is 0 Å². The number of nitrogens with zero attached hydrogens (tertiary/aromatic N) is 2. The molecule has 3 nitrogen and oxygen atoms in total. The fraction of sp³-hybridized carbons (Fsp3) is 0.750. The van der Waals surface area contributed by atoms with Crippen LogP contribution in [0.3, 0.4) is 0 Å². The van der Waals surface area contributed by atoms with Crippen LogP contribution < -0.4 is 5.32 Å². The molecule has 0 aliphatic heterocycles. The molecule has 4 heteroatoms. The van der Waals surface area contributed by atoms with Gasteiger partial charge < -0.3 is 5.32 Å². The summed E-state index contributed by atoms with van der Waals surface area (Å²) in [5.74, 6) is 0.987. The number of hydrogen-bond donors (Lipinski definition) is 1. The van der Waals surface area contributed by atoms with Gasteiger partial charge in [0.1, 0.15) is 0 Å². The zero-order valence-corrected chi connectivity index (χ0v) is 10.8. The van der Waals surface area contributed by atoms with Crippen LogP contribution in [0, 0.1) is 5.92 Å². The molecular weight excluding hydrogens is 222 g/mol. The van der Waals surface area contributed by atoms with Crippen LogP contribution in [0.2, 0.25) is 5.02 Å². The van der Waals surface area contributed by atoms with Crippen molar-refractivity contribution >= 4 is 11.6 Å². The van der Waals surface area contributed by atoms with Gasteiger partial charge in [0.05, 0.1) is 16.4 Å².